The van der Waals surface area contributed by atoms with Gasteiger partial charge < -0.3 is 20.4 Å². The Kier molecular flexibility index (Phi) is 4.90. The van der Waals surface area contributed by atoms with Gasteiger partial charge in [-0.1, -0.05) is 0 Å². The predicted octanol–water partition coefficient (Wildman–Crippen LogP) is 1.45. The van der Waals surface area contributed by atoms with E-state index in [0.29, 0.717) is 24.6 Å². The van der Waals surface area contributed by atoms with E-state index in [2.05, 4.69) is 23.7 Å². The number of nitrogens with two attached hydrogens (primary N) is 1. The molecule has 3 N–H and O–H groups in total. The van der Waals surface area contributed by atoms with Gasteiger partial charge >= 0.3 is 0 Å². The first-order chi connectivity index (χ1) is 10.3. The summed E-state index contributed by atoms with van der Waals surface area (Å²) >= 11 is 0. The van der Waals surface area contributed by atoms with E-state index in [1.165, 1.54) is 0 Å². The summed E-state index contributed by atoms with van der Waals surface area (Å²) in [4.78, 5) is 23.4. The summed E-state index contributed by atoms with van der Waals surface area (Å²) in [5, 5.41) is 2.89. The van der Waals surface area contributed by atoms with Crippen molar-refractivity contribution in [1.29, 1.82) is 0 Å². The quantitative estimate of drug-likeness (QED) is 0.863. The van der Waals surface area contributed by atoms with Crippen molar-refractivity contribution in [3.8, 4) is 0 Å². The van der Waals surface area contributed by atoms with Gasteiger partial charge in [0.15, 0.2) is 0 Å². The van der Waals surface area contributed by atoms with Gasteiger partial charge in [-0.2, -0.15) is 0 Å². The minimum Gasteiger partial charge on any atom is -0.367 e. The maximum atomic E-state index is 12.4. The lowest BCUT2D eigenvalue weighted by atomic mass is 10.2. The molecule has 1 aromatic heterocycles. The van der Waals surface area contributed by atoms with Crippen LogP contribution in [-0.2, 0) is 9.53 Å². The first kappa shape index (κ1) is 16.5. The molecule has 122 valence electrons. The number of hydrogen-bond donors (Lipinski definition) is 2. The molecule has 2 rings (SSSR count). The number of ether oxygens (including phenoxy) is 1. The normalized spacial score (nSPS) is 21.3. The molecule has 6 nitrogen and oxygen atoms in total. The van der Waals surface area contributed by atoms with Crippen LogP contribution in [0.2, 0.25) is 0 Å². The molecule has 0 spiro atoms. The highest BCUT2D eigenvalue weighted by Crippen LogP contribution is 2.21. The van der Waals surface area contributed by atoms with E-state index in [1.807, 2.05) is 19.9 Å². The number of rotatable bonds is 5. The predicted molar refractivity (Wildman–Crippen MR) is 83.7 cm³/mol. The molecule has 1 fully saturated rings. The number of aryl methyl sites for hydroxylation is 1. The van der Waals surface area contributed by atoms with Crippen LogP contribution in [0, 0.1) is 13.8 Å². The number of amides is 2. The fourth-order valence-corrected chi connectivity index (χ4v) is 3.17. The van der Waals surface area contributed by atoms with Gasteiger partial charge in [0, 0.05) is 24.0 Å². The summed E-state index contributed by atoms with van der Waals surface area (Å²) in [6.45, 7) is 8.54. The van der Waals surface area contributed by atoms with Crippen molar-refractivity contribution in [3.05, 3.63) is 23.0 Å². The van der Waals surface area contributed by atoms with Crippen molar-refractivity contribution in [2.75, 3.05) is 6.54 Å². The Labute approximate surface area is 131 Å². The highest BCUT2D eigenvalue weighted by atomic mass is 16.5. The van der Waals surface area contributed by atoms with E-state index in [0.717, 1.165) is 17.8 Å². The molecule has 2 amide bonds. The van der Waals surface area contributed by atoms with E-state index < -0.39 is 12.0 Å². The SMILES string of the molecule is Cc1cc(C(=O)NC[C@H]2CC[C@H](C(N)=O)O2)c(C)n1C(C)C. The van der Waals surface area contributed by atoms with Gasteiger partial charge in [-0.3, -0.25) is 9.59 Å². The molecule has 22 heavy (non-hydrogen) atoms. The lowest BCUT2D eigenvalue weighted by Gasteiger charge is -2.14. The number of nitrogens with one attached hydrogen (secondary N) is 1. The molecule has 0 bridgehead atoms. The first-order valence-corrected chi connectivity index (χ1v) is 7.72. The smallest absolute Gasteiger partial charge is 0.253 e. The average Bonchev–Trinajstić information content (AvgIpc) is 3.01. The third-order valence-corrected chi connectivity index (χ3v) is 4.16. The van der Waals surface area contributed by atoms with Gasteiger partial charge in [0.1, 0.15) is 6.10 Å². The first-order valence-electron chi connectivity index (χ1n) is 7.72. The van der Waals surface area contributed by atoms with Crippen LogP contribution in [0.3, 0.4) is 0 Å². The third-order valence-electron chi connectivity index (χ3n) is 4.16. The third kappa shape index (κ3) is 3.32. The van der Waals surface area contributed by atoms with Gasteiger partial charge in [0.05, 0.1) is 11.7 Å². The topological polar surface area (TPSA) is 86.3 Å². The van der Waals surface area contributed by atoms with Gasteiger partial charge in [-0.15, -0.1) is 0 Å². The molecule has 1 aliphatic rings. The van der Waals surface area contributed by atoms with Gasteiger partial charge in [-0.05, 0) is 46.6 Å². The molecule has 2 heterocycles. The average molecular weight is 307 g/mol. The maximum Gasteiger partial charge on any atom is 0.253 e. The molecule has 1 aliphatic heterocycles. The zero-order valence-corrected chi connectivity index (χ0v) is 13.7. The monoisotopic (exact) mass is 307 g/mol. The molecule has 0 unspecified atom stereocenters. The van der Waals surface area contributed by atoms with Gasteiger partial charge in [0.2, 0.25) is 5.91 Å². The minimum absolute atomic E-state index is 0.105. The van der Waals surface area contributed by atoms with Gasteiger partial charge in [-0.25, -0.2) is 0 Å². The molecule has 2 atom stereocenters. The lowest BCUT2D eigenvalue weighted by Crippen LogP contribution is -2.34. The molecule has 0 saturated carbocycles. The fourth-order valence-electron chi connectivity index (χ4n) is 3.17. The van der Waals surface area contributed by atoms with Crippen LogP contribution < -0.4 is 11.1 Å². The lowest BCUT2D eigenvalue weighted by molar-refractivity contribution is -0.128. The number of primary amides is 1. The second-order valence-electron chi connectivity index (χ2n) is 6.19. The number of carbonyl (C=O) groups excluding carboxylic acids is 2. The molecular weight excluding hydrogens is 282 g/mol. The Morgan fingerprint density at radius 1 is 1.41 bits per heavy atom. The minimum atomic E-state index is -0.520. The Morgan fingerprint density at radius 3 is 2.59 bits per heavy atom. The molecule has 1 aromatic rings. The van der Waals surface area contributed by atoms with Crippen LogP contribution >= 0.6 is 0 Å². The number of hydrogen-bond acceptors (Lipinski definition) is 3. The number of nitrogens with zero attached hydrogens (tertiary/aromatic N) is 1. The molecule has 0 aromatic carbocycles. The zero-order valence-electron chi connectivity index (χ0n) is 13.7. The maximum absolute atomic E-state index is 12.4. The Hall–Kier alpha value is -1.82. The van der Waals surface area contributed by atoms with Crippen LogP contribution in [0.15, 0.2) is 6.07 Å². The summed E-state index contributed by atoms with van der Waals surface area (Å²) in [5.74, 6) is -0.541. The largest absolute Gasteiger partial charge is 0.367 e. The summed E-state index contributed by atoms with van der Waals surface area (Å²) < 4.78 is 7.66. The van der Waals surface area contributed by atoms with E-state index in [9.17, 15) is 9.59 Å². The fraction of sp³-hybridized carbons (Fsp3) is 0.625. The Balaban J connectivity index is 1.96. The van der Waals surface area contributed by atoms with Crippen molar-refractivity contribution < 1.29 is 14.3 Å². The standard InChI is InChI=1S/C16H25N3O3/c1-9(2)19-10(3)7-13(11(19)4)16(21)18-8-12-5-6-14(22-12)15(17)20/h7,9,12,14H,5-6,8H2,1-4H3,(H2,17,20)(H,18,21)/t12-,14-/m1/s1. The molecular formula is C16H25N3O3. The van der Waals surface area contributed by atoms with E-state index in [4.69, 9.17) is 10.5 Å². The molecule has 1 saturated heterocycles. The molecule has 0 radical (unpaired) electrons. The second kappa shape index (κ2) is 6.52. The summed E-state index contributed by atoms with van der Waals surface area (Å²) in [5.41, 5.74) is 7.95. The van der Waals surface area contributed by atoms with Crippen molar-refractivity contribution in [1.82, 2.24) is 9.88 Å². The van der Waals surface area contributed by atoms with Crippen molar-refractivity contribution in [2.24, 2.45) is 5.73 Å². The van der Waals surface area contributed by atoms with Crippen LogP contribution in [-0.4, -0.2) is 35.1 Å². The number of aromatic nitrogens is 1. The van der Waals surface area contributed by atoms with Crippen molar-refractivity contribution in [2.45, 2.75) is 58.8 Å². The Morgan fingerprint density at radius 2 is 2.09 bits per heavy atom. The molecule has 0 aliphatic carbocycles. The highest BCUT2D eigenvalue weighted by molar-refractivity contribution is 5.95. The Bertz CT molecular complexity index is 577. The summed E-state index contributed by atoms with van der Waals surface area (Å²) in [6, 6.07) is 2.22. The van der Waals surface area contributed by atoms with E-state index >= 15 is 0 Å². The van der Waals surface area contributed by atoms with Crippen LogP contribution in [0.25, 0.3) is 0 Å². The van der Waals surface area contributed by atoms with E-state index in [-0.39, 0.29) is 12.0 Å². The zero-order chi connectivity index (χ0) is 16.4. The van der Waals surface area contributed by atoms with Crippen molar-refractivity contribution >= 4 is 11.8 Å². The van der Waals surface area contributed by atoms with Crippen LogP contribution in [0.1, 0.15) is 54.5 Å². The number of carbonyl (C=O) groups is 2. The second-order valence-corrected chi connectivity index (χ2v) is 6.19. The van der Waals surface area contributed by atoms with Crippen molar-refractivity contribution in [3.63, 3.8) is 0 Å². The van der Waals surface area contributed by atoms with Crippen LogP contribution in [0.5, 0.6) is 0 Å². The summed E-state index contributed by atoms with van der Waals surface area (Å²) in [7, 11) is 0. The highest BCUT2D eigenvalue weighted by Gasteiger charge is 2.29. The van der Waals surface area contributed by atoms with E-state index in [1.54, 1.807) is 0 Å². The van der Waals surface area contributed by atoms with Gasteiger partial charge in [0.25, 0.3) is 5.91 Å². The van der Waals surface area contributed by atoms with Crippen LogP contribution in [0.4, 0.5) is 0 Å². The summed E-state index contributed by atoms with van der Waals surface area (Å²) in [6.07, 6.45) is 0.694. The molecule has 6 heteroatoms.